The molecule has 0 bridgehead atoms. The van der Waals surface area contributed by atoms with E-state index in [4.69, 9.17) is 9.84 Å². The number of carboxylic acid groups (broad SMARTS) is 1. The molecule has 0 aromatic heterocycles. The molecule has 1 aromatic carbocycles. The van der Waals surface area contributed by atoms with Gasteiger partial charge in [-0.2, -0.15) is 0 Å². The van der Waals surface area contributed by atoms with Crippen molar-refractivity contribution in [2.24, 2.45) is 0 Å². The highest BCUT2D eigenvalue weighted by atomic mass is 16.5. The van der Waals surface area contributed by atoms with Gasteiger partial charge in [0.2, 0.25) is 0 Å². The molecule has 0 aliphatic heterocycles. The quantitative estimate of drug-likeness (QED) is 0.652. The lowest BCUT2D eigenvalue weighted by Gasteiger charge is -2.11. The van der Waals surface area contributed by atoms with Crippen LogP contribution in [0.2, 0.25) is 0 Å². The van der Waals surface area contributed by atoms with E-state index in [0.29, 0.717) is 0 Å². The highest BCUT2D eigenvalue weighted by molar-refractivity contribution is 5.92. The van der Waals surface area contributed by atoms with E-state index >= 15 is 0 Å². The summed E-state index contributed by atoms with van der Waals surface area (Å²) in [5, 5.41) is 13.3. The molecule has 0 spiro atoms. The molecule has 0 aliphatic rings. The predicted molar refractivity (Wildman–Crippen MR) is 68.6 cm³/mol. The van der Waals surface area contributed by atoms with Crippen LogP contribution in [0.4, 0.5) is 10.5 Å². The van der Waals surface area contributed by atoms with Gasteiger partial charge in [-0.25, -0.2) is 9.59 Å². The van der Waals surface area contributed by atoms with Crippen LogP contribution >= 0.6 is 0 Å². The molecule has 0 saturated heterocycles. The van der Waals surface area contributed by atoms with E-state index in [2.05, 4.69) is 15.4 Å². The number of ether oxygens (including phenoxy) is 2. The van der Waals surface area contributed by atoms with Crippen molar-refractivity contribution < 1.29 is 29.0 Å². The molecule has 0 fully saturated rings. The van der Waals surface area contributed by atoms with Crippen molar-refractivity contribution in [2.45, 2.75) is 0 Å². The Morgan fingerprint density at radius 2 is 1.95 bits per heavy atom. The number of carbonyl (C=O) groups is 3. The summed E-state index contributed by atoms with van der Waals surface area (Å²) in [4.78, 5) is 32.8. The maximum Gasteiger partial charge on any atom is 0.341 e. The molecular formula is C12H14N2O6. The summed E-state index contributed by atoms with van der Waals surface area (Å²) in [6, 6.07) is 5.69. The van der Waals surface area contributed by atoms with Gasteiger partial charge in [-0.3, -0.25) is 4.79 Å². The summed E-state index contributed by atoms with van der Waals surface area (Å²) in [7, 11) is 1.21. The van der Waals surface area contributed by atoms with Crippen LogP contribution < -0.4 is 15.4 Å². The summed E-state index contributed by atoms with van der Waals surface area (Å²) in [6.07, 6.45) is 0. The number of amides is 2. The zero-order chi connectivity index (χ0) is 15.0. The molecule has 0 radical (unpaired) electrons. The molecule has 3 N–H and O–H groups in total. The van der Waals surface area contributed by atoms with E-state index in [1.54, 1.807) is 12.1 Å². The zero-order valence-corrected chi connectivity index (χ0v) is 10.7. The van der Waals surface area contributed by atoms with E-state index in [-0.39, 0.29) is 18.0 Å². The van der Waals surface area contributed by atoms with Crippen LogP contribution in [0.15, 0.2) is 24.3 Å². The van der Waals surface area contributed by atoms with Crippen LogP contribution in [0.3, 0.4) is 0 Å². The van der Waals surface area contributed by atoms with Gasteiger partial charge in [0.1, 0.15) is 12.3 Å². The van der Waals surface area contributed by atoms with Crippen LogP contribution in [-0.2, 0) is 14.3 Å². The van der Waals surface area contributed by atoms with Gasteiger partial charge >= 0.3 is 18.0 Å². The fourth-order valence-corrected chi connectivity index (χ4v) is 1.23. The smallest absolute Gasteiger partial charge is 0.341 e. The number of anilines is 1. The third-order valence-electron chi connectivity index (χ3n) is 2.11. The monoisotopic (exact) mass is 282 g/mol. The number of aliphatic carboxylic acids is 1. The fraction of sp³-hybridized carbons (Fsp3) is 0.250. The second-order valence-corrected chi connectivity index (χ2v) is 3.56. The predicted octanol–water partition coefficient (Wildman–Crippen LogP) is 0.444. The van der Waals surface area contributed by atoms with Crippen LogP contribution in [0.25, 0.3) is 0 Å². The van der Waals surface area contributed by atoms with Gasteiger partial charge in [-0.05, 0) is 12.1 Å². The minimum Gasteiger partial charge on any atom is -0.480 e. The van der Waals surface area contributed by atoms with E-state index in [0.717, 1.165) is 0 Å². The van der Waals surface area contributed by atoms with Gasteiger partial charge in [0.25, 0.3) is 0 Å². The normalized spacial score (nSPS) is 9.45. The molecule has 0 aliphatic carbocycles. The molecule has 0 atom stereocenters. The van der Waals surface area contributed by atoms with Crippen molar-refractivity contribution in [2.75, 3.05) is 25.6 Å². The SMILES string of the molecule is COC(=O)CNC(=O)Nc1ccccc1OCC(=O)O. The van der Waals surface area contributed by atoms with E-state index in [9.17, 15) is 14.4 Å². The van der Waals surface area contributed by atoms with E-state index < -0.39 is 24.6 Å². The minimum atomic E-state index is -1.13. The van der Waals surface area contributed by atoms with Crippen LogP contribution in [0, 0.1) is 0 Å². The molecule has 0 saturated carbocycles. The standard InChI is InChI=1S/C12H14N2O6/c1-19-11(17)6-13-12(18)14-8-4-2-3-5-9(8)20-7-10(15)16/h2-5H,6-7H2,1H3,(H,15,16)(H2,13,14,18). The number of para-hydroxylation sites is 2. The Kier molecular flexibility index (Phi) is 5.82. The minimum absolute atomic E-state index is 0.211. The van der Waals surface area contributed by atoms with Crippen molar-refractivity contribution in [3.8, 4) is 5.75 Å². The third-order valence-corrected chi connectivity index (χ3v) is 2.11. The highest BCUT2D eigenvalue weighted by Gasteiger charge is 2.09. The summed E-state index contributed by atoms with van der Waals surface area (Å²) in [6.45, 7) is -0.803. The summed E-state index contributed by atoms with van der Waals surface area (Å²) in [5.74, 6) is -1.51. The van der Waals surface area contributed by atoms with Crippen molar-refractivity contribution in [1.82, 2.24) is 5.32 Å². The largest absolute Gasteiger partial charge is 0.480 e. The Morgan fingerprint density at radius 1 is 1.25 bits per heavy atom. The number of esters is 1. The average molecular weight is 282 g/mol. The number of urea groups is 1. The highest BCUT2D eigenvalue weighted by Crippen LogP contribution is 2.23. The summed E-state index contributed by atoms with van der Waals surface area (Å²) < 4.78 is 9.38. The Morgan fingerprint density at radius 3 is 2.60 bits per heavy atom. The van der Waals surface area contributed by atoms with Crippen LogP contribution in [0.5, 0.6) is 5.75 Å². The number of nitrogens with one attached hydrogen (secondary N) is 2. The van der Waals surface area contributed by atoms with Gasteiger partial charge in [0.15, 0.2) is 6.61 Å². The molecular weight excluding hydrogens is 268 g/mol. The Hall–Kier alpha value is -2.77. The average Bonchev–Trinajstić information content (AvgIpc) is 2.43. The van der Waals surface area contributed by atoms with Gasteiger partial charge in [0.05, 0.1) is 12.8 Å². The number of carbonyl (C=O) groups excluding carboxylic acids is 2. The number of hydrogen-bond donors (Lipinski definition) is 3. The van der Waals surface area contributed by atoms with Crippen LogP contribution in [-0.4, -0.2) is 43.3 Å². The van der Waals surface area contributed by atoms with Crippen molar-refractivity contribution in [3.63, 3.8) is 0 Å². The first-order chi connectivity index (χ1) is 9.52. The molecule has 1 aromatic rings. The number of carboxylic acids is 1. The van der Waals surface area contributed by atoms with Gasteiger partial charge in [-0.1, -0.05) is 12.1 Å². The first-order valence-electron chi connectivity index (χ1n) is 5.58. The summed E-state index contributed by atoms with van der Waals surface area (Å²) >= 11 is 0. The number of hydrogen-bond acceptors (Lipinski definition) is 5. The second-order valence-electron chi connectivity index (χ2n) is 3.56. The van der Waals surface area contributed by atoms with E-state index in [1.807, 2.05) is 0 Å². The third kappa shape index (κ3) is 5.25. The van der Waals surface area contributed by atoms with Crippen molar-refractivity contribution in [1.29, 1.82) is 0 Å². The molecule has 1 rings (SSSR count). The summed E-state index contributed by atoms with van der Waals surface area (Å²) in [5.41, 5.74) is 0.288. The maximum atomic E-state index is 11.5. The van der Waals surface area contributed by atoms with Crippen molar-refractivity contribution >= 4 is 23.7 Å². The lowest BCUT2D eigenvalue weighted by atomic mass is 10.3. The maximum absolute atomic E-state index is 11.5. The number of methoxy groups -OCH3 is 1. The first kappa shape index (κ1) is 15.3. The lowest BCUT2D eigenvalue weighted by molar-refractivity contribution is -0.140. The van der Waals surface area contributed by atoms with Gasteiger partial charge in [-0.15, -0.1) is 0 Å². The molecule has 8 heteroatoms. The first-order valence-corrected chi connectivity index (χ1v) is 5.58. The van der Waals surface area contributed by atoms with Crippen LogP contribution in [0.1, 0.15) is 0 Å². The molecule has 0 heterocycles. The van der Waals surface area contributed by atoms with Crippen molar-refractivity contribution in [3.05, 3.63) is 24.3 Å². The molecule has 0 unspecified atom stereocenters. The lowest BCUT2D eigenvalue weighted by Crippen LogP contribution is -2.33. The number of rotatable bonds is 6. The Labute approximate surface area is 114 Å². The van der Waals surface area contributed by atoms with E-state index in [1.165, 1.54) is 19.2 Å². The topological polar surface area (TPSA) is 114 Å². The van der Waals surface area contributed by atoms with Gasteiger partial charge in [0, 0.05) is 0 Å². The molecule has 2 amide bonds. The molecule has 108 valence electrons. The number of benzene rings is 1. The molecule has 8 nitrogen and oxygen atoms in total. The Balaban J connectivity index is 2.60. The second kappa shape index (κ2) is 7.62. The van der Waals surface area contributed by atoms with Gasteiger partial charge < -0.3 is 25.2 Å². The Bertz CT molecular complexity index is 502. The fourth-order valence-electron chi connectivity index (χ4n) is 1.23. The molecule has 20 heavy (non-hydrogen) atoms. The zero-order valence-electron chi connectivity index (χ0n) is 10.7.